The summed E-state index contributed by atoms with van der Waals surface area (Å²) in [7, 11) is 1.58. The molecule has 2 rings (SSSR count). The molecule has 1 saturated heterocycles. The molecule has 0 saturated carbocycles. The van der Waals surface area contributed by atoms with Gasteiger partial charge in [0.2, 0.25) is 5.91 Å². The lowest BCUT2D eigenvalue weighted by molar-refractivity contribution is -0.154. The van der Waals surface area contributed by atoms with Crippen molar-refractivity contribution in [1.29, 1.82) is 0 Å². The van der Waals surface area contributed by atoms with Gasteiger partial charge in [-0.05, 0) is 43.5 Å². The van der Waals surface area contributed by atoms with Crippen LogP contribution in [0.3, 0.4) is 0 Å². The maximum atomic E-state index is 12.3. The van der Waals surface area contributed by atoms with Gasteiger partial charge < -0.3 is 19.7 Å². The zero-order chi connectivity index (χ0) is 21.1. The standard InChI is InChI=1S/C22H30N2O5/c1-17(23-20(25)13-10-18-8-11-19(28-2)12-9-18)22(27)29-16-21(26)24-14-6-4-3-5-7-15-24/h8-13,17H,3-7,14-16H2,1-2H3,(H,23,25)/b13-10+/t17-/m0/s1. The van der Waals surface area contributed by atoms with Gasteiger partial charge in [-0.3, -0.25) is 9.59 Å². The number of benzene rings is 1. The van der Waals surface area contributed by atoms with Crippen LogP contribution in [0.15, 0.2) is 30.3 Å². The van der Waals surface area contributed by atoms with Crippen LogP contribution in [-0.4, -0.2) is 55.5 Å². The predicted octanol–water partition coefficient (Wildman–Crippen LogP) is 2.55. The second-order valence-electron chi connectivity index (χ2n) is 7.09. The lowest BCUT2D eigenvalue weighted by Crippen LogP contribution is -2.41. The van der Waals surface area contributed by atoms with Gasteiger partial charge in [-0.2, -0.15) is 0 Å². The first-order valence-corrected chi connectivity index (χ1v) is 10.1. The van der Waals surface area contributed by atoms with Gasteiger partial charge in [-0.15, -0.1) is 0 Å². The van der Waals surface area contributed by atoms with Crippen LogP contribution in [-0.2, 0) is 19.1 Å². The highest BCUT2D eigenvalue weighted by Gasteiger charge is 2.20. The Balaban J connectivity index is 1.74. The van der Waals surface area contributed by atoms with E-state index in [0.29, 0.717) is 13.1 Å². The number of ether oxygens (including phenoxy) is 2. The highest BCUT2D eigenvalue weighted by Crippen LogP contribution is 2.12. The van der Waals surface area contributed by atoms with E-state index in [1.165, 1.54) is 19.4 Å². The van der Waals surface area contributed by atoms with Gasteiger partial charge in [-0.25, -0.2) is 4.79 Å². The number of hydrogen-bond acceptors (Lipinski definition) is 5. The molecule has 0 unspecified atom stereocenters. The molecule has 1 aromatic rings. The number of carbonyl (C=O) groups is 3. The van der Waals surface area contributed by atoms with Gasteiger partial charge in [0.1, 0.15) is 11.8 Å². The highest BCUT2D eigenvalue weighted by atomic mass is 16.5. The minimum atomic E-state index is -0.844. The zero-order valence-corrected chi connectivity index (χ0v) is 17.2. The molecule has 1 aromatic carbocycles. The van der Waals surface area contributed by atoms with Crippen molar-refractivity contribution < 1.29 is 23.9 Å². The second-order valence-corrected chi connectivity index (χ2v) is 7.09. The van der Waals surface area contributed by atoms with Crippen LogP contribution in [0.1, 0.15) is 44.6 Å². The van der Waals surface area contributed by atoms with Gasteiger partial charge in [0, 0.05) is 19.2 Å². The Morgan fingerprint density at radius 2 is 1.69 bits per heavy atom. The van der Waals surface area contributed by atoms with Crippen LogP contribution in [0.25, 0.3) is 6.08 Å². The molecule has 7 nitrogen and oxygen atoms in total. The molecular formula is C22H30N2O5. The highest BCUT2D eigenvalue weighted by molar-refractivity contribution is 5.94. The number of rotatable bonds is 7. The normalized spacial score (nSPS) is 15.9. The molecule has 0 bridgehead atoms. The van der Waals surface area contributed by atoms with Crippen LogP contribution in [0.2, 0.25) is 0 Å². The van der Waals surface area contributed by atoms with E-state index in [1.54, 1.807) is 30.2 Å². The number of amides is 2. The van der Waals surface area contributed by atoms with Crippen LogP contribution >= 0.6 is 0 Å². The van der Waals surface area contributed by atoms with Crippen LogP contribution in [0, 0.1) is 0 Å². The van der Waals surface area contributed by atoms with Crippen molar-refractivity contribution >= 4 is 23.9 Å². The van der Waals surface area contributed by atoms with E-state index in [9.17, 15) is 14.4 Å². The monoisotopic (exact) mass is 402 g/mol. The SMILES string of the molecule is COc1ccc(/C=C/C(=O)N[C@@H](C)C(=O)OCC(=O)N2CCCCCCC2)cc1. The van der Waals surface area contributed by atoms with E-state index >= 15 is 0 Å². The zero-order valence-electron chi connectivity index (χ0n) is 17.2. The predicted molar refractivity (Wildman–Crippen MR) is 110 cm³/mol. The van der Waals surface area contributed by atoms with Crippen molar-refractivity contribution in [2.75, 3.05) is 26.8 Å². The first-order chi connectivity index (χ1) is 14.0. The molecule has 0 radical (unpaired) electrons. The smallest absolute Gasteiger partial charge is 0.328 e. The second kappa shape index (κ2) is 11.9. The average molecular weight is 402 g/mol. The molecule has 1 fully saturated rings. The first-order valence-electron chi connectivity index (χ1n) is 10.1. The first kappa shape index (κ1) is 22.5. The summed E-state index contributed by atoms with van der Waals surface area (Å²) in [5.41, 5.74) is 0.829. The summed E-state index contributed by atoms with van der Waals surface area (Å²) < 4.78 is 10.2. The molecular weight excluding hydrogens is 372 g/mol. The van der Waals surface area contributed by atoms with Crippen molar-refractivity contribution in [1.82, 2.24) is 10.2 Å². The lowest BCUT2D eigenvalue weighted by atomic mass is 10.1. The minimum Gasteiger partial charge on any atom is -0.497 e. The van der Waals surface area contributed by atoms with Crippen LogP contribution in [0.4, 0.5) is 0 Å². The summed E-state index contributed by atoms with van der Waals surface area (Å²) >= 11 is 0. The van der Waals surface area contributed by atoms with Crippen molar-refractivity contribution in [2.45, 2.75) is 45.1 Å². The number of hydrogen-bond donors (Lipinski definition) is 1. The van der Waals surface area contributed by atoms with Crippen molar-refractivity contribution in [3.05, 3.63) is 35.9 Å². The van der Waals surface area contributed by atoms with Gasteiger partial charge in [-0.1, -0.05) is 31.4 Å². The fraction of sp³-hybridized carbons (Fsp3) is 0.500. The number of methoxy groups -OCH3 is 1. The van der Waals surface area contributed by atoms with Gasteiger partial charge in [0.05, 0.1) is 7.11 Å². The number of esters is 1. The van der Waals surface area contributed by atoms with Crippen molar-refractivity contribution in [2.24, 2.45) is 0 Å². The van der Waals surface area contributed by atoms with E-state index in [-0.39, 0.29) is 12.5 Å². The van der Waals surface area contributed by atoms with Crippen molar-refractivity contribution in [3.8, 4) is 5.75 Å². The summed E-state index contributed by atoms with van der Waals surface area (Å²) in [6.07, 6.45) is 8.39. The Morgan fingerprint density at radius 3 is 2.31 bits per heavy atom. The van der Waals surface area contributed by atoms with Crippen LogP contribution in [0.5, 0.6) is 5.75 Å². The quantitative estimate of drug-likeness (QED) is 0.560. The Bertz CT molecular complexity index is 706. The summed E-state index contributed by atoms with van der Waals surface area (Å²) in [6, 6.07) is 6.37. The molecule has 158 valence electrons. The third-order valence-electron chi connectivity index (χ3n) is 4.80. The number of likely N-dealkylation sites (tertiary alicyclic amines) is 1. The Kier molecular flexibility index (Phi) is 9.21. The number of carbonyl (C=O) groups excluding carboxylic acids is 3. The van der Waals surface area contributed by atoms with E-state index in [0.717, 1.165) is 37.0 Å². The molecule has 1 heterocycles. The topological polar surface area (TPSA) is 84.9 Å². The molecule has 1 atom stereocenters. The molecule has 1 N–H and O–H groups in total. The molecule has 7 heteroatoms. The van der Waals surface area contributed by atoms with E-state index < -0.39 is 17.9 Å². The van der Waals surface area contributed by atoms with E-state index in [2.05, 4.69) is 5.32 Å². The molecule has 0 aliphatic carbocycles. The fourth-order valence-electron chi connectivity index (χ4n) is 3.05. The maximum absolute atomic E-state index is 12.3. The van der Waals surface area contributed by atoms with E-state index in [1.807, 2.05) is 12.1 Å². The molecule has 29 heavy (non-hydrogen) atoms. The number of nitrogens with zero attached hydrogens (tertiary/aromatic N) is 1. The Labute approximate surface area is 172 Å². The van der Waals surface area contributed by atoms with Crippen molar-refractivity contribution in [3.63, 3.8) is 0 Å². The summed E-state index contributed by atoms with van der Waals surface area (Å²) in [5, 5.41) is 2.54. The number of nitrogens with one attached hydrogen (secondary N) is 1. The lowest BCUT2D eigenvalue weighted by Gasteiger charge is -2.24. The molecule has 1 aliphatic rings. The van der Waals surface area contributed by atoms with Gasteiger partial charge in [0.25, 0.3) is 5.91 Å². The maximum Gasteiger partial charge on any atom is 0.328 e. The average Bonchev–Trinajstić information content (AvgIpc) is 2.70. The van der Waals surface area contributed by atoms with E-state index in [4.69, 9.17) is 9.47 Å². The molecule has 1 aliphatic heterocycles. The fourth-order valence-corrected chi connectivity index (χ4v) is 3.05. The summed E-state index contributed by atoms with van der Waals surface area (Å²) in [5.74, 6) is -0.497. The largest absolute Gasteiger partial charge is 0.497 e. The molecule has 0 aromatic heterocycles. The third-order valence-corrected chi connectivity index (χ3v) is 4.80. The van der Waals surface area contributed by atoms with Crippen LogP contribution < -0.4 is 10.1 Å². The Morgan fingerprint density at radius 1 is 1.07 bits per heavy atom. The molecule has 0 spiro atoms. The third kappa shape index (κ3) is 7.97. The molecule has 2 amide bonds. The van der Waals surface area contributed by atoms with Gasteiger partial charge in [0.15, 0.2) is 6.61 Å². The Hall–Kier alpha value is -2.83. The summed E-state index contributed by atoms with van der Waals surface area (Å²) in [6.45, 7) is 2.65. The summed E-state index contributed by atoms with van der Waals surface area (Å²) in [4.78, 5) is 38.1. The van der Waals surface area contributed by atoms with Gasteiger partial charge >= 0.3 is 5.97 Å². The minimum absolute atomic E-state index is 0.182.